The molecule has 0 aromatic carbocycles. The van der Waals surface area contributed by atoms with E-state index in [2.05, 4.69) is 10.4 Å². The molecule has 2 heterocycles. The Balaban J connectivity index is 2.41. The summed E-state index contributed by atoms with van der Waals surface area (Å²) in [5, 5.41) is 2.03. The summed E-state index contributed by atoms with van der Waals surface area (Å²) < 4.78 is 0. The molecule has 0 saturated carbocycles. The number of hydrogen-bond donors (Lipinski definition) is 2. The van der Waals surface area contributed by atoms with E-state index in [1.165, 1.54) is 0 Å². The van der Waals surface area contributed by atoms with E-state index in [0.717, 1.165) is 16.3 Å². The van der Waals surface area contributed by atoms with Crippen LogP contribution in [0.5, 0.6) is 0 Å². The lowest BCUT2D eigenvalue weighted by molar-refractivity contribution is 1.29. The van der Waals surface area contributed by atoms with Crippen LogP contribution in [0.2, 0.25) is 0 Å². The summed E-state index contributed by atoms with van der Waals surface area (Å²) in [6.45, 7) is 0. The number of nitrogen functional groups attached to an aromatic ring is 1. The van der Waals surface area contributed by atoms with Crippen molar-refractivity contribution in [3.05, 3.63) is 35.8 Å². The Morgan fingerprint density at radius 2 is 2.31 bits per heavy atom. The number of nitrogens with one attached hydrogen (secondary N) is 1. The molecule has 0 aliphatic rings. The molecule has 0 bridgehead atoms. The number of rotatable bonds is 2. The number of thiophene rings is 1. The van der Waals surface area contributed by atoms with Crippen LogP contribution in [-0.2, 0) is 0 Å². The number of nitrogens with two attached hydrogens (primary N) is 1. The summed E-state index contributed by atoms with van der Waals surface area (Å²) in [7, 11) is 0. The van der Waals surface area contributed by atoms with E-state index in [9.17, 15) is 0 Å². The van der Waals surface area contributed by atoms with Crippen molar-refractivity contribution in [3.8, 4) is 10.6 Å². The van der Waals surface area contributed by atoms with Gasteiger partial charge in [-0.2, -0.15) is 0 Å². The van der Waals surface area contributed by atoms with Crippen LogP contribution < -0.4 is 11.3 Å². The summed E-state index contributed by atoms with van der Waals surface area (Å²) in [6.07, 6.45) is 1.74. The van der Waals surface area contributed by atoms with Gasteiger partial charge in [0.25, 0.3) is 0 Å². The van der Waals surface area contributed by atoms with Gasteiger partial charge in [-0.25, -0.2) is 0 Å². The lowest BCUT2D eigenvalue weighted by Crippen LogP contribution is -2.06. The molecule has 2 aromatic heterocycles. The minimum atomic E-state index is 0.874. The van der Waals surface area contributed by atoms with Gasteiger partial charge in [0.2, 0.25) is 0 Å². The topological polar surface area (TPSA) is 50.9 Å². The molecule has 4 heteroatoms. The highest BCUT2D eigenvalue weighted by atomic mass is 32.1. The molecule has 0 amide bonds. The molecule has 2 aromatic rings. The van der Waals surface area contributed by atoms with Gasteiger partial charge in [0, 0.05) is 6.20 Å². The number of aromatic nitrogens is 1. The van der Waals surface area contributed by atoms with Crippen molar-refractivity contribution < 1.29 is 0 Å². The lowest BCUT2D eigenvalue weighted by Gasteiger charge is -2.00. The van der Waals surface area contributed by atoms with E-state index in [-0.39, 0.29) is 0 Å². The van der Waals surface area contributed by atoms with Crippen LogP contribution in [-0.4, -0.2) is 4.98 Å². The maximum absolute atomic E-state index is 5.30. The van der Waals surface area contributed by atoms with Gasteiger partial charge >= 0.3 is 0 Å². The molecule has 0 fully saturated rings. The van der Waals surface area contributed by atoms with E-state index >= 15 is 0 Å². The molecule has 3 N–H and O–H groups in total. The first-order chi connectivity index (χ1) is 6.40. The third-order valence-corrected chi connectivity index (χ3v) is 2.59. The summed E-state index contributed by atoms with van der Waals surface area (Å²) >= 11 is 1.66. The molecule has 0 saturated heterocycles. The Morgan fingerprint density at radius 1 is 1.38 bits per heavy atom. The first-order valence-corrected chi connectivity index (χ1v) is 4.74. The fourth-order valence-electron chi connectivity index (χ4n) is 1.08. The van der Waals surface area contributed by atoms with Gasteiger partial charge in [0.15, 0.2) is 0 Å². The molecule has 13 heavy (non-hydrogen) atoms. The number of hydrazine groups is 1. The highest BCUT2D eigenvalue weighted by Gasteiger charge is 1.99. The maximum Gasteiger partial charge on any atom is 0.0822 e. The standard InChI is InChI=1S/C9H9N3S/c10-12-7-3-4-11-8(6-7)9-2-1-5-13-9/h1-6H,10H2,(H,11,12). The predicted octanol–water partition coefficient (Wildman–Crippen LogP) is 2.10. The van der Waals surface area contributed by atoms with Crippen molar-refractivity contribution in [2.24, 2.45) is 5.84 Å². The van der Waals surface area contributed by atoms with Crippen LogP contribution in [0.3, 0.4) is 0 Å². The van der Waals surface area contributed by atoms with E-state index in [0.29, 0.717) is 0 Å². The van der Waals surface area contributed by atoms with E-state index < -0.39 is 0 Å². The average Bonchev–Trinajstić information content (AvgIpc) is 2.71. The van der Waals surface area contributed by atoms with Crippen LogP contribution in [0.15, 0.2) is 35.8 Å². The van der Waals surface area contributed by atoms with Crippen LogP contribution in [0.1, 0.15) is 0 Å². The van der Waals surface area contributed by atoms with E-state index in [1.54, 1.807) is 17.5 Å². The molecule has 2 rings (SSSR count). The highest BCUT2D eigenvalue weighted by molar-refractivity contribution is 7.13. The Kier molecular flexibility index (Phi) is 2.25. The van der Waals surface area contributed by atoms with Crippen molar-refractivity contribution in [2.75, 3.05) is 5.43 Å². The minimum absolute atomic E-state index is 0.874. The van der Waals surface area contributed by atoms with E-state index in [1.807, 2.05) is 29.6 Å². The van der Waals surface area contributed by atoms with E-state index in [4.69, 9.17) is 5.84 Å². The molecule has 0 radical (unpaired) electrons. The maximum atomic E-state index is 5.30. The van der Waals surface area contributed by atoms with Gasteiger partial charge in [-0.15, -0.1) is 11.3 Å². The average molecular weight is 191 g/mol. The molecule has 0 aliphatic carbocycles. The van der Waals surface area contributed by atoms with Gasteiger partial charge in [-0.3, -0.25) is 10.8 Å². The smallest absolute Gasteiger partial charge is 0.0822 e. The summed E-state index contributed by atoms with van der Waals surface area (Å²) in [5.74, 6) is 5.30. The second-order valence-corrected chi connectivity index (χ2v) is 3.50. The van der Waals surface area contributed by atoms with Crippen LogP contribution in [0.25, 0.3) is 10.6 Å². The molecular formula is C9H9N3S. The van der Waals surface area contributed by atoms with Crippen molar-refractivity contribution >= 4 is 17.0 Å². The SMILES string of the molecule is NNc1ccnc(-c2cccs2)c1. The molecule has 66 valence electrons. The van der Waals surface area contributed by atoms with Gasteiger partial charge in [-0.05, 0) is 23.6 Å². The molecular weight excluding hydrogens is 182 g/mol. The third-order valence-electron chi connectivity index (χ3n) is 1.70. The fraction of sp³-hybridized carbons (Fsp3) is 0. The number of hydrogen-bond acceptors (Lipinski definition) is 4. The molecule has 0 aliphatic heterocycles. The molecule has 0 spiro atoms. The predicted molar refractivity (Wildman–Crippen MR) is 55.4 cm³/mol. The van der Waals surface area contributed by atoms with Crippen molar-refractivity contribution in [1.82, 2.24) is 4.98 Å². The number of pyridine rings is 1. The molecule has 0 atom stereocenters. The van der Waals surface area contributed by atoms with Crippen LogP contribution in [0, 0.1) is 0 Å². The largest absolute Gasteiger partial charge is 0.324 e. The quantitative estimate of drug-likeness (QED) is 0.564. The Bertz CT molecular complexity index is 384. The van der Waals surface area contributed by atoms with Gasteiger partial charge in [0.05, 0.1) is 16.3 Å². The van der Waals surface area contributed by atoms with Gasteiger partial charge in [-0.1, -0.05) is 6.07 Å². The molecule has 3 nitrogen and oxygen atoms in total. The molecule has 0 unspecified atom stereocenters. The Labute approximate surface area is 80.2 Å². The zero-order valence-electron chi connectivity index (χ0n) is 6.90. The second kappa shape index (κ2) is 3.55. The number of anilines is 1. The monoisotopic (exact) mass is 191 g/mol. The Hall–Kier alpha value is -1.39. The zero-order chi connectivity index (χ0) is 9.10. The van der Waals surface area contributed by atoms with Gasteiger partial charge in [0.1, 0.15) is 0 Å². The van der Waals surface area contributed by atoms with Crippen molar-refractivity contribution in [1.29, 1.82) is 0 Å². The normalized spacial score (nSPS) is 9.92. The zero-order valence-corrected chi connectivity index (χ0v) is 7.71. The summed E-state index contributed by atoms with van der Waals surface area (Å²) in [6, 6.07) is 7.79. The highest BCUT2D eigenvalue weighted by Crippen LogP contribution is 2.23. The first kappa shape index (κ1) is 8.22. The summed E-state index contributed by atoms with van der Waals surface area (Å²) in [5.41, 5.74) is 4.42. The van der Waals surface area contributed by atoms with Crippen LogP contribution >= 0.6 is 11.3 Å². The Morgan fingerprint density at radius 3 is 3.00 bits per heavy atom. The van der Waals surface area contributed by atoms with Crippen molar-refractivity contribution in [2.45, 2.75) is 0 Å². The fourth-order valence-corrected chi connectivity index (χ4v) is 1.77. The lowest BCUT2D eigenvalue weighted by atomic mass is 10.3. The third kappa shape index (κ3) is 1.68. The second-order valence-electron chi connectivity index (χ2n) is 2.55. The van der Waals surface area contributed by atoms with Crippen LogP contribution in [0.4, 0.5) is 5.69 Å². The summed E-state index contributed by atoms with van der Waals surface area (Å²) in [4.78, 5) is 5.39. The number of nitrogens with zero attached hydrogens (tertiary/aromatic N) is 1. The van der Waals surface area contributed by atoms with Gasteiger partial charge < -0.3 is 5.43 Å². The minimum Gasteiger partial charge on any atom is -0.324 e. The first-order valence-electron chi connectivity index (χ1n) is 3.87. The van der Waals surface area contributed by atoms with Crippen molar-refractivity contribution in [3.63, 3.8) is 0 Å².